The second kappa shape index (κ2) is 8.84. The quantitative estimate of drug-likeness (QED) is 0.803. The summed E-state index contributed by atoms with van der Waals surface area (Å²) < 4.78 is 11.1. The van der Waals surface area contributed by atoms with Gasteiger partial charge in [0.25, 0.3) is 0 Å². The van der Waals surface area contributed by atoms with E-state index in [0.29, 0.717) is 29.4 Å². The van der Waals surface area contributed by atoms with Gasteiger partial charge in [-0.15, -0.1) is 0 Å². The Hall–Kier alpha value is -2.28. The van der Waals surface area contributed by atoms with Gasteiger partial charge >= 0.3 is 0 Å². The van der Waals surface area contributed by atoms with E-state index >= 15 is 0 Å². The molecule has 1 aromatic carbocycles. The third kappa shape index (κ3) is 4.41. The Morgan fingerprint density at radius 2 is 1.60 bits per heavy atom. The minimum atomic E-state index is 0.416. The van der Waals surface area contributed by atoms with Crippen LogP contribution in [-0.2, 0) is 0 Å². The SMILES string of the molecule is COc1cc2nc(N3CC(C)CC(C)C3)nc(NC3CCN(C)CC3)c2cc1OC. The number of hydrogen-bond acceptors (Lipinski definition) is 7. The van der Waals surface area contributed by atoms with Gasteiger partial charge in [0.1, 0.15) is 5.82 Å². The predicted molar refractivity (Wildman–Crippen MR) is 122 cm³/mol. The first-order chi connectivity index (χ1) is 14.5. The molecule has 0 saturated carbocycles. The van der Waals surface area contributed by atoms with Gasteiger partial charge in [0.2, 0.25) is 5.95 Å². The van der Waals surface area contributed by atoms with Crippen molar-refractivity contribution in [3.63, 3.8) is 0 Å². The van der Waals surface area contributed by atoms with Crippen LogP contribution in [0.25, 0.3) is 10.9 Å². The fourth-order valence-electron chi connectivity index (χ4n) is 4.87. The molecule has 3 heterocycles. The molecule has 0 amide bonds. The van der Waals surface area contributed by atoms with Crippen LogP contribution in [0, 0.1) is 11.8 Å². The van der Waals surface area contributed by atoms with Crippen LogP contribution >= 0.6 is 0 Å². The summed E-state index contributed by atoms with van der Waals surface area (Å²) in [5.74, 6) is 4.39. The van der Waals surface area contributed by atoms with Gasteiger partial charge in [-0.1, -0.05) is 13.8 Å². The Bertz CT molecular complexity index is 872. The number of likely N-dealkylation sites (tertiary alicyclic amines) is 1. The van der Waals surface area contributed by atoms with Crippen LogP contribution in [0.2, 0.25) is 0 Å². The van der Waals surface area contributed by atoms with Crippen LogP contribution in [0.4, 0.5) is 11.8 Å². The Kier molecular flexibility index (Phi) is 6.18. The Labute approximate surface area is 179 Å². The molecule has 7 heteroatoms. The third-order valence-electron chi connectivity index (χ3n) is 6.40. The number of nitrogens with one attached hydrogen (secondary N) is 1. The molecule has 7 nitrogen and oxygen atoms in total. The van der Waals surface area contributed by atoms with Gasteiger partial charge in [-0.2, -0.15) is 4.98 Å². The number of ether oxygens (including phenoxy) is 2. The summed E-state index contributed by atoms with van der Waals surface area (Å²) in [6.07, 6.45) is 3.49. The van der Waals surface area contributed by atoms with E-state index in [2.05, 4.69) is 36.0 Å². The van der Waals surface area contributed by atoms with Gasteiger partial charge in [0, 0.05) is 30.6 Å². The fourth-order valence-corrected chi connectivity index (χ4v) is 4.87. The minimum absolute atomic E-state index is 0.416. The van der Waals surface area contributed by atoms with Crippen molar-refractivity contribution in [3.8, 4) is 11.5 Å². The number of methoxy groups -OCH3 is 2. The third-order valence-corrected chi connectivity index (χ3v) is 6.40. The summed E-state index contributed by atoms with van der Waals surface area (Å²) in [6, 6.07) is 4.38. The van der Waals surface area contributed by atoms with Gasteiger partial charge in [-0.05, 0) is 57.3 Å². The van der Waals surface area contributed by atoms with Crippen molar-refractivity contribution in [3.05, 3.63) is 12.1 Å². The fraction of sp³-hybridized carbons (Fsp3) is 0.652. The zero-order chi connectivity index (χ0) is 21.3. The molecular formula is C23H35N5O2. The molecule has 2 aromatic rings. The number of hydrogen-bond donors (Lipinski definition) is 1. The lowest BCUT2D eigenvalue weighted by molar-refractivity contribution is 0.263. The van der Waals surface area contributed by atoms with Crippen molar-refractivity contribution >= 4 is 22.7 Å². The summed E-state index contributed by atoms with van der Waals surface area (Å²) >= 11 is 0. The van der Waals surface area contributed by atoms with Crippen LogP contribution in [0.15, 0.2) is 12.1 Å². The van der Waals surface area contributed by atoms with E-state index in [1.165, 1.54) is 6.42 Å². The van der Waals surface area contributed by atoms with E-state index < -0.39 is 0 Å². The van der Waals surface area contributed by atoms with Crippen molar-refractivity contribution in [1.82, 2.24) is 14.9 Å². The second-order valence-electron chi connectivity index (χ2n) is 9.17. The van der Waals surface area contributed by atoms with Crippen molar-refractivity contribution < 1.29 is 9.47 Å². The number of nitrogens with zero attached hydrogens (tertiary/aromatic N) is 4. The molecule has 0 radical (unpaired) electrons. The highest BCUT2D eigenvalue weighted by atomic mass is 16.5. The summed E-state index contributed by atoms with van der Waals surface area (Å²) in [5, 5.41) is 4.71. The molecular weight excluding hydrogens is 378 g/mol. The molecule has 2 aliphatic rings. The highest BCUT2D eigenvalue weighted by molar-refractivity contribution is 5.93. The number of aromatic nitrogens is 2. The van der Waals surface area contributed by atoms with E-state index in [1.807, 2.05) is 12.1 Å². The summed E-state index contributed by atoms with van der Waals surface area (Å²) in [5.41, 5.74) is 0.888. The summed E-state index contributed by atoms with van der Waals surface area (Å²) in [6.45, 7) is 8.83. The zero-order valence-electron chi connectivity index (χ0n) is 18.9. The number of fused-ring (bicyclic) bond motifs is 1. The number of anilines is 2. The van der Waals surface area contributed by atoms with Gasteiger partial charge in [0.05, 0.1) is 19.7 Å². The maximum Gasteiger partial charge on any atom is 0.227 e. The lowest BCUT2D eigenvalue weighted by Crippen LogP contribution is -2.40. The first-order valence-electron chi connectivity index (χ1n) is 11.1. The minimum Gasteiger partial charge on any atom is -0.493 e. The standard InChI is InChI=1S/C23H35N5O2/c1-15-10-16(2)14-28(13-15)23-25-19-12-21(30-5)20(29-4)11-18(19)22(26-23)24-17-6-8-27(3)9-7-17/h11-12,15-17H,6-10,13-14H2,1-5H3,(H,24,25,26). The number of piperidine rings is 2. The molecule has 1 aromatic heterocycles. The Morgan fingerprint density at radius 1 is 0.967 bits per heavy atom. The summed E-state index contributed by atoms with van der Waals surface area (Å²) in [4.78, 5) is 14.7. The molecule has 0 aliphatic carbocycles. The van der Waals surface area contributed by atoms with Gasteiger partial charge in [-0.3, -0.25) is 0 Å². The van der Waals surface area contributed by atoms with E-state index in [9.17, 15) is 0 Å². The normalized spacial score (nSPS) is 23.6. The average Bonchev–Trinajstić information content (AvgIpc) is 2.73. The first-order valence-corrected chi connectivity index (χ1v) is 11.1. The van der Waals surface area contributed by atoms with E-state index in [0.717, 1.165) is 61.7 Å². The van der Waals surface area contributed by atoms with Crippen LogP contribution in [0.5, 0.6) is 11.5 Å². The molecule has 4 rings (SSSR count). The largest absolute Gasteiger partial charge is 0.493 e. The van der Waals surface area contributed by atoms with Gasteiger partial charge in [-0.25, -0.2) is 4.98 Å². The van der Waals surface area contributed by atoms with Gasteiger partial charge < -0.3 is 24.6 Å². The topological polar surface area (TPSA) is 62.8 Å². The van der Waals surface area contributed by atoms with Crippen molar-refractivity contribution in [2.24, 2.45) is 11.8 Å². The maximum absolute atomic E-state index is 5.55. The predicted octanol–water partition coefficient (Wildman–Crippen LogP) is 3.64. The number of rotatable bonds is 5. The molecule has 164 valence electrons. The average molecular weight is 414 g/mol. The smallest absolute Gasteiger partial charge is 0.227 e. The number of benzene rings is 1. The van der Waals surface area contributed by atoms with Gasteiger partial charge in [0.15, 0.2) is 11.5 Å². The van der Waals surface area contributed by atoms with E-state index in [-0.39, 0.29) is 0 Å². The van der Waals surface area contributed by atoms with Crippen molar-refractivity contribution in [1.29, 1.82) is 0 Å². The zero-order valence-corrected chi connectivity index (χ0v) is 18.9. The van der Waals surface area contributed by atoms with Crippen molar-refractivity contribution in [2.45, 2.75) is 39.2 Å². The molecule has 0 bridgehead atoms. The van der Waals surface area contributed by atoms with Crippen LogP contribution in [-0.4, -0.2) is 68.4 Å². The molecule has 0 spiro atoms. The Balaban J connectivity index is 1.75. The van der Waals surface area contributed by atoms with Crippen LogP contribution < -0.4 is 19.7 Å². The van der Waals surface area contributed by atoms with Crippen LogP contribution in [0.1, 0.15) is 33.1 Å². The molecule has 2 unspecified atom stereocenters. The summed E-state index contributed by atoms with van der Waals surface area (Å²) in [7, 11) is 5.52. The van der Waals surface area contributed by atoms with E-state index in [4.69, 9.17) is 19.4 Å². The molecule has 2 aliphatic heterocycles. The lowest BCUT2D eigenvalue weighted by atomic mass is 9.92. The lowest BCUT2D eigenvalue weighted by Gasteiger charge is -2.35. The van der Waals surface area contributed by atoms with Crippen molar-refractivity contribution in [2.75, 3.05) is 57.7 Å². The highest BCUT2D eigenvalue weighted by Gasteiger charge is 2.26. The molecule has 2 fully saturated rings. The monoisotopic (exact) mass is 413 g/mol. The maximum atomic E-state index is 5.55. The Morgan fingerprint density at radius 3 is 2.23 bits per heavy atom. The molecule has 1 N–H and O–H groups in total. The molecule has 2 atom stereocenters. The molecule has 2 saturated heterocycles. The second-order valence-corrected chi connectivity index (χ2v) is 9.17. The first kappa shape index (κ1) is 21.0. The molecule has 30 heavy (non-hydrogen) atoms. The highest BCUT2D eigenvalue weighted by Crippen LogP contribution is 2.36. The van der Waals surface area contributed by atoms with Crippen LogP contribution in [0.3, 0.4) is 0 Å². The van der Waals surface area contributed by atoms with E-state index in [1.54, 1.807) is 14.2 Å².